The van der Waals surface area contributed by atoms with Crippen LogP contribution >= 0.6 is 0 Å². The van der Waals surface area contributed by atoms with E-state index in [1.54, 1.807) is 6.92 Å². The van der Waals surface area contributed by atoms with Gasteiger partial charge in [-0.05, 0) is 32.1 Å². The highest BCUT2D eigenvalue weighted by atomic mass is 32.3. The minimum atomic E-state index is -4.59. The molecule has 0 bridgehead atoms. The second kappa shape index (κ2) is 20.8. The van der Waals surface area contributed by atoms with E-state index >= 15 is 0 Å². The molecular formula is C26H52O6S. The number of carbonyl (C=O) groups excluding carboxylic acids is 1. The van der Waals surface area contributed by atoms with E-state index in [-0.39, 0.29) is 5.78 Å². The van der Waals surface area contributed by atoms with Gasteiger partial charge in [-0.15, -0.1) is 0 Å². The zero-order valence-electron chi connectivity index (χ0n) is 21.6. The summed E-state index contributed by atoms with van der Waals surface area (Å²) < 4.78 is 36.1. The standard InChI is InChI=1S/C26H52O6S/c1-23(2)19-15-11-8-6-4-5-7-9-13-17-21-25(28)26(32-33(29,30)31)22-18-14-10-12-16-20-24(3)27/h23,25-26,28H,4-22H2,1-3H3,(H,29,30,31). The van der Waals surface area contributed by atoms with Gasteiger partial charge in [0, 0.05) is 6.42 Å². The Labute approximate surface area is 204 Å². The van der Waals surface area contributed by atoms with Gasteiger partial charge in [0.2, 0.25) is 0 Å². The van der Waals surface area contributed by atoms with Crippen LogP contribution in [0.5, 0.6) is 0 Å². The predicted molar refractivity (Wildman–Crippen MR) is 136 cm³/mol. The summed E-state index contributed by atoms with van der Waals surface area (Å²) in [5.41, 5.74) is 0. The minimum Gasteiger partial charge on any atom is -0.390 e. The van der Waals surface area contributed by atoms with Crippen LogP contribution in [0, 0.1) is 5.92 Å². The molecule has 0 radical (unpaired) electrons. The number of aliphatic hydroxyl groups excluding tert-OH is 1. The van der Waals surface area contributed by atoms with Gasteiger partial charge in [0.05, 0.1) is 6.10 Å². The van der Waals surface area contributed by atoms with Crippen molar-refractivity contribution < 1.29 is 27.1 Å². The second-order valence-corrected chi connectivity index (χ2v) is 11.2. The molecule has 198 valence electrons. The van der Waals surface area contributed by atoms with Crippen molar-refractivity contribution in [3.05, 3.63) is 0 Å². The van der Waals surface area contributed by atoms with Crippen molar-refractivity contribution in [2.45, 2.75) is 155 Å². The van der Waals surface area contributed by atoms with Crippen LogP contribution in [-0.4, -0.2) is 36.1 Å². The molecule has 0 aromatic rings. The zero-order chi connectivity index (χ0) is 25.0. The molecule has 2 unspecified atom stereocenters. The maximum Gasteiger partial charge on any atom is 0.397 e. The third kappa shape index (κ3) is 24.4. The number of unbranched alkanes of at least 4 members (excludes halogenated alkanes) is 13. The van der Waals surface area contributed by atoms with E-state index in [0.717, 1.165) is 57.3 Å². The maximum atomic E-state index is 11.2. The fourth-order valence-corrected chi connectivity index (χ4v) is 4.75. The van der Waals surface area contributed by atoms with Gasteiger partial charge in [0.1, 0.15) is 11.9 Å². The van der Waals surface area contributed by atoms with Gasteiger partial charge in [-0.2, -0.15) is 8.42 Å². The average molecular weight is 493 g/mol. The quantitative estimate of drug-likeness (QED) is 0.109. The van der Waals surface area contributed by atoms with Crippen molar-refractivity contribution in [1.82, 2.24) is 0 Å². The van der Waals surface area contributed by atoms with Crippen LogP contribution in [0.15, 0.2) is 0 Å². The molecule has 2 atom stereocenters. The van der Waals surface area contributed by atoms with E-state index in [9.17, 15) is 18.3 Å². The van der Waals surface area contributed by atoms with Crippen molar-refractivity contribution in [3.8, 4) is 0 Å². The van der Waals surface area contributed by atoms with Gasteiger partial charge in [-0.1, -0.05) is 110 Å². The SMILES string of the molecule is CC(=O)CCCCCCCC(OS(=O)(=O)O)C(O)CCCCCCCCCCCCC(C)C. The Morgan fingerprint density at radius 1 is 0.697 bits per heavy atom. The third-order valence-electron chi connectivity index (χ3n) is 6.22. The minimum absolute atomic E-state index is 0.201. The van der Waals surface area contributed by atoms with E-state index in [4.69, 9.17) is 8.74 Å². The van der Waals surface area contributed by atoms with Crippen LogP contribution in [0.4, 0.5) is 0 Å². The van der Waals surface area contributed by atoms with E-state index in [1.165, 1.54) is 51.4 Å². The Bertz CT molecular complexity index is 561. The molecule has 0 aromatic carbocycles. The highest BCUT2D eigenvalue weighted by Gasteiger charge is 2.24. The van der Waals surface area contributed by atoms with Crippen LogP contribution in [0.1, 0.15) is 143 Å². The van der Waals surface area contributed by atoms with Crippen LogP contribution in [0.2, 0.25) is 0 Å². The highest BCUT2D eigenvalue weighted by Crippen LogP contribution is 2.19. The Hall–Kier alpha value is -0.500. The lowest BCUT2D eigenvalue weighted by molar-refractivity contribution is -0.117. The third-order valence-corrected chi connectivity index (χ3v) is 6.71. The second-order valence-electron chi connectivity index (χ2n) is 10.1. The topological polar surface area (TPSA) is 101 Å². The first kappa shape index (κ1) is 32.5. The summed E-state index contributed by atoms with van der Waals surface area (Å²) in [5, 5.41) is 10.4. The summed E-state index contributed by atoms with van der Waals surface area (Å²) in [6.07, 6.45) is 17.5. The first-order valence-electron chi connectivity index (χ1n) is 13.4. The molecule has 0 fully saturated rings. The largest absolute Gasteiger partial charge is 0.397 e. The van der Waals surface area contributed by atoms with Gasteiger partial charge in [0.15, 0.2) is 0 Å². The Morgan fingerprint density at radius 3 is 1.52 bits per heavy atom. The number of hydrogen-bond donors (Lipinski definition) is 2. The number of aliphatic hydroxyl groups is 1. The van der Waals surface area contributed by atoms with Gasteiger partial charge >= 0.3 is 10.4 Å². The fourth-order valence-electron chi connectivity index (χ4n) is 4.22. The molecule has 0 aliphatic rings. The summed E-state index contributed by atoms with van der Waals surface area (Å²) in [5.74, 6) is 1.01. The Kier molecular flexibility index (Phi) is 20.5. The van der Waals surface area contributed by atoms with Crippen molar-refractivity contribution in [2.24, 2.45) is 5.92 Å². The smallest absolute Gasteiger partial charge is 0.390 e. The zero-order valence-corrected chi connectivity index (χ0v) is 22.4. The normalized spacial score (nSPS) is 14.0. The van der Waals surface area contributed by atoms with Crippen molar-refractivity contribution >= 4 is 16.2 Å². The van der Waals surface area contributed by atoms with Crippen molar-refractivity contribution in [3.63, 3.8) is 0 Å². The maximum absolute atomic E-state index is 11.2. The molecule has 7 heteroatoms. The predicted octanol–water partition coefficient (Wildman–Crippen LogP) is 7.19. The lowest BCUT2D eigenvalue weighted by Gasteiger charge is -2.21. The molecule has 0 rings (SSSR count). The van der Waals surface area contributed by atoms with Crippen LogP contribution < -0.4 is 0 Å². The Morgan fingerprint density at radius 2 is 1.09 bits per heavy atom. The lowest BCUT2D eigenvalue weighted by Crippen LogP contribution is -2.31. The highest BCUT2D eigenvalue weighted by molar-refractivity contribution is 7.80. The summed E-state index contributed by atoms with van der Waals surface area (Å²) in [6.45, 7) is 6.15. The van der Waals surface area contributed by atoms with Crippen molar-refractivity contribution in [2.75, 3.05) is 0 Å². The van der Waals surface area contributed by atoms with Crippen LogP contribution in [0.25, 0.3) is 0 Å². The number of rotatable bonds is 24. The molecule has 33 heavy (non-hydrogen) atoms. The van der Waals surface area contributed by atoms with Crippen LogP contribution in [-0.2, 0) is 19.4 Å². The average Bonchev–Trinajstić information content (AvgIpc) is 2.71. The molecule has 0 saturated carbocycles. The number of carbonyl (C=O) groups is 1. The molecule has 0 spiro atoms. The van der Waals surface area contributed by atoms with Crippen molar-refractivity contribution in [1.29, 1.82) is 0 Å². The van der Waals surface area contributed by atoms with E-state index < -0.39 is 22.6 Å². The summed E-state index contributed by atoms with van der Waals surface area (Å²) in [4.78, 5) is 10.9. The fraction of sp³-hybridized carbons (Fsp3) is 0.962. The first-order valence-corrected chi connectivity index (χ1v) is 14.8. The summed E-state index contributed by atoms with van der Waals surface area (Å²) in [6, 6.07) is 0. The van der Waals surface area contributed by atoms with Gasteiger partial charge in [0.25, 0.3) is 0 Å². The molecule has 6 nitrogen and oxygen atoms in total. The lowest BCUT2D eigenvalue weighted by atomic mass is 9.99. The number of ketones is 1. The summed E-state index contributed by atoms with van der Waals surface area (Å²) in [7, 11) is -4.59. The molecule has 2 N–H and O–H groups in total. The molecule has 0 aliphatic carbocycles. The molecule has 0 amide bonds. The van der Waals surface area contributed by atoms with Gasteiger partial charge in [-0.3, -0.25) is 4.55 Å². The van der Waals surface area contributed by atoms with E-state index in [0.29, 0.717) is 19.3 Å². The number of Topliss-reactive ketones (excluding diaryl/α,β-unsaturated/α-hetero) is 1. The molecule has 0 heterocycles. The molecule has 0 saturated heterocycles. The number of hydrogen-bond acceptors (Lipinski definition) is 5. The van der Waals surface area contributed by atoms with E-state index in [2.05, 4.69) is 13.8 Å². The Balaban J connectivity index is 3.87. The van der Waals surface area contributed by atoms with Gasteiger partial charge < -0.3 is 9.90 Å². The summed E-state index contributed by atoms with van der Waals surface area (Å²) >= 11 is 0. The molecule has 0 aromatic heterocycles. The first-order chi connectivity index (χ1) is 15.6. The van der Waals surface area contributed by atoms with Gasteiger partial charge in [-0.25, -0.2) is 4.18 Å². The molecule has 0 aliphatic heterocycles. The van der Waals surface area contributed by atoms with E-state index in [1.807, 2.05) is 0 Å². The van der Waals surface area contributed by atoms with Crippen LogP contribution in [0.3, 0.4) is 0 Å². The monoisotopic (exact) mass is 492 g/mol. The molecular weight excluding hydrogens is 440 g/mol.